The van der Waals surface area contributed by atoms with Gasteiger partial charge >= 0.3 is 5.97 Å². The summed E-state index contributed by atoms with van der Waals surface area (Å²) in [6.45, 7) is 13.7. The van der Waals surface area contributed by atoms with Crippen LogP contribution >= 0.6 is 0 Å². The molecule has 0 unspecified atom stereocenters. The highest BCUT2D eigenvalue weighted by atomic mass is 28.4. The van der Waals surface area contributed by atoms with Gasteiger partial charge in [0.05, 0.1) is 6.10 Å². The van der Waals surface area contributed by atoms with Gasteiger partial charge in [0.1, 0.15) is 6.61 Å². The van der Waals surface area contributed by atoms with Crippen LogP contribution in [0.15, 0.2) is 0 Å². The molecule has 1 aliphatic rings. The number of esters is 1. The van der Waals surface area contributed by atoms with Crippen molar-refractivity contribution >= 4 is 14.3 Å². The van der Waals surface area contributed by atoms with Gasteiger partial charge < -0.3 is 9.16 Å². The first kappa shape index (κ1) is 14.7. The average Bonchev–Trinajstić information content (AvgIpc) is 2.31. The Labute approximate surface area is 106 Å². The van der Waals surface area contributed by atoms with Crippen molar-refractivity contribution in [3.63, 3.8) is 0 Å². The molecule has 1 rings (SSSR count). The first-order valence-corrected chi connectivity index (χ1v) is 9.38. The molecule has 1 heterocycles. The Morgan fingerprint density at radius 2 is 1.94 bits per heavy atom. The molecular weight excluding hydrogens is 232 g/mol. The minimum Gasteiger partial charge on any atom is -0.463 e. The van der Waals surface area contributed by atoms with Crippen molar-refractivity contribution in [3.8, 4) is 0 Å². The number of cyclic esters (lactones) is 1. The van der Waals surface area contributed by atoms with E-state index < -0.39 is 8.32 Å². The van der Waals surface area contributed by atoms with Gasteiger partial charge in [-0.1, -0.05) is 27.7 Å². The van der Waals surface area contributed by atoms with Crippen molar-refractivity contribution < 1.29 is 14.0 Å². The highest BCUT2D eigenvalue weighted by Gasteiger charge is 2.40. The van der Waals surface area contributed by atoms with Gasteiger partial charge in [-0.15, -0.1) is 0 Å². The van der Waals surface area contributed by atoms with Crippen LogP contribution in [0.25, 0.3) is 0 Å². The van der Waals surface area contributed by atoms with Crippen LogP contribution in [0.1, 0.15) is 40.5 Å². The number of ether oxygens (including phenoxy) is 1. The summed E-state index contributed by atoms with van der Waals surface area (Å²) in [5.74, 6) is 0.314. The summed E-state index contributed by atoms with van der Waals surface area (Å²) >= 11 is 0. The third-order valence-corrected chi connectivity index (χ3v) is 8.60. The molecule has 17 heavy (non-hydrogen) atoms. The van der Waals surface area contributed by atoms with E-state index in [-0.39, 0.29) is 17.1 Å². The van der Waals surface area contributed by atoms with Crippen molar-refractivity contribution in [3.05, 3.63) is 0 Å². The lowest BCUT2D eigenvalue weighted by atomic mass is 10.0. The standard InChI is InChI=1S/C13H26O3Si/c1-10-7-8-12(14)15-9-11(10)16-17(5,6)13(2,3)4/h10-11H,7-9H2,1-6H3/t10-,11+/m1/s1. The largest absolute Gasteiger partial charge is 0.463 e. The Bertz CT molecular complexity index is 281. The first-order chi connectivity index (χ1) is 7.63. The molecule has 0 saturated carbocycles. The summed E-state index contributed by atoms with van der Waals surface area (Å²) in [5.41, 5.74) is 0. The van der Waals surface area contributed by atoms with Gasteiger partial charge in [0.2, 0.25) is 0 Å². The van der Waals surface area contributed by atoms with Crippen LogP contribution in [-0.4, -0.2) is 27.0 Å². The number of hydrogen-bond donors (Lipinski definition) is 0. The maximum absolute atomic E-state index is 11.3. The predicted octanol–water partition coefficient (Wildman–Crippen LogP) is 3.35. The number of carbonyl (C=O) groups excluding carboxylic acids is 1. The predicted molar refractivity (Wildman–Crippen MR) is 71.4 cm³/mol. The van der Waals surface area contributed by atoms with Crippen LogP contribution in [-0.2, 0) is 14.0 Å². The molecule has 1 aliphatic heterocycles. The Hall–Kier alpha value is -0.353. The lowest BCUT2D eigenvalue weighted by Gasteiger charge is -2.40. The van der Waals surface area contributed by atoms with Gasteiger partial charge in [-0.2, -0.15) is 0 Å². The molecule has 0 bridgehead atoms. The summed E-state index contributed by atoms with van der Waals surface area (Å²) in [6, 6.07) is 0. The molecule has 0 radical (unpaired) electrons. The van der Waals surface area contributed by atoms with Crippen molar-refractivity contribution in [2.24, 2.45) is 5.92 Å². The van der Waals surface area contributed by atoms with Crippen LogP contribution in [0.3, 0.4) is 0 Å². The second-order valence-corrected chi connectivity index (χ2v) is 11.4. The van der Waals surface area contributed by atoms with Crippen LogP contribution < -0.4 is 0 Å². The first-order valence-electron chi connectivity index (χ1n) is 6.47. The fourth-order valence-corrected chi connectivity index (χ4v) is 3.06. The van der Waals surface area contributed by atoms with E-state index in [0.717, 1.165) is 6.42 Å². The molecule has 0 aromatic heterocycles. The third-order valence-electron chi connectivity index (χ3n) is 4.10. The van der Waals surface area contributed by atoms with E-state index in [2.05, 4.69) is 40.8 Å². The van der Waals surface area contributed by atoms with Crippen molar-refractivity contribution in [1.82, 2.24) is 0 Å². The quantitative estimate of drug-likeness (QED) is 0.563. The van der Waals surface area contributed by atoms with E-state index in [9.17, 15) is 4.79 Å². The maximum Gasteiger partial charge on any atom is 0.305 e. The van der Waals surface area contributed by atoms with Gasteiger partial charge in [-0.3, -0.25) is 4.79 Å². The second kappa shape index (κ2) is 5.10. The Morgan fingerprint density at radius 3 is 2.47 bits per heavy atom. The number of rotatable bonds is 2. The van der Waals surface area contributed by atoms with Gasteiger partial charge in [-0.05, 0) is 30.5 Å². The monoisotopic (exact) mass is 258 g/mol. The zero-order valence-electron chi connectivity index (χ0n) is 12.0. The molecular formula is C13H26O3Si. The minimum atomic E-state index is -1.77. The lowest BCUT2D eigenvalue weighted by Crippen LogP contribution is -2.46. The van der Waals surface area contributed by atoms with Crippen LogP contribution in [0.4, 0.5) is 0 Å². The van der Waals surface area contributed by atoms with E-state index in [1.165, 1.54) is 0 Å². The molecule has 0 amide bonds. The SMILES string of the molecule is C[C@@H]1CCC(=O)OC[C@@H]1O[Si](C)(C)C(C)(C)C. The Morgan fingerprint density at radius 1 is 1.35 bits per heavy atom. The second-order valence-electron chi connectivity index (χ2n) is 6.62. The normalized spacial score (nSPS) is 27.5. The van der Waals surface area contributed by atoms with E-state index >= 15 is 0 Å². The van der Waals surface area contributed by atoms with Gasteiger partial charge in [0.25, 0.3) is 0 Å². The molecule has 3 nitrogen and oxygen atoms in total. The zero-order chi connectivity index (χ0) is 13.3. The van der Waals surface area contributed by atoms with Gasteiger partial charge in [-0.25, -0.2) is 0 Å². The van der Waals surface area contributed by atoms with E-state index in [1.54, 1.807) is 0 Å². The van der Waals surface area contributed by atoms with E-state index in [0.29, 0.717) is 18.9 Å². The molecule has 1 fully saturated rings. The molecule has 2 atom stereocenters. The summed E-state index contributed by atoms with van der Waals surface area (Å²) in [6.07, 6.45) is 1.47. The Balaban J connectivity index is 2.69. The van der Waals surface area contributed by atoms with Gasteiger partial charge in [0, 0.05) is 6.42 Å². The molecule has 100 valence electrons. The molecule has 1 saturated heterocycles. The smallest absolute Gasteiger partial charge is 0.305 e. The maximum atomic E-state index is 11.3. The van der Waals surface area contributed by atoms with Crippen LogP contribution in [0, 0.1) is 5.92 Å². The number of hydrogen-bond acceptors (Lipinski definition) is 3. The highest BCUT2D eigenvalue weighted by Crippen LogP contribution is 2.38. The van der Waals surface area contributed by atoms with Crippen LogP contribution in [0.5, 0.6) is 0 Å². The molecule has 0 aromatic carbocycles. The fourth-order valence-electron chi connectivity index (χ4n) is 1.65. The van der Waals surface area contributed by atoms with Crippen molar-refractivity contribution in [1.29, 1.82) is 0 Å². The third kappa shape index (κ3) is 3.81. The van der Waals surface area contributed by atoms with Crippen molar-refractivity contribution in [2.45, 2.75) is 64.8 Å². The summed E-state index contributed by atoms with van der Waals surface area (Å²) < 4.78 is 11.5. The fraction of sp³-hybridized carbons (Fsp3) is 0.923. The average molecular weight is 258 g/mol. The van der Waals surface area contributed by atoms with E-state index in [4.69, 9.17) is 9.16 Å². The molecule has 0 spiro atoms. The zero-order valence-corrected chi connectivity index (χ0v) is 13.0. The Kier molecular flexibility index (Phi) is 4.41. The van der Waals surface area contributed by atoms with Gasteiger partial charge in [0.15, 0.2) is 8.32 Å². The topological polar surface area (TPSA) is 35.5 Å². The molecule has 0 N–H and O–H groups in total. The summed E-state index contributed by atoms with van der Waals surface area (Å²) in [4.78, 5) is 11.3. The minimum absolute atomic E-state index is 0.0716. The number of carbonyl (C=O) groups is 1. The molecule has 0 aromatic rings. The molecule has 0 aliphatic carbocycles. The van der Waals surface area contributed by atoms with Crippen molar-refractivity contribution in [2.75, 3.05) is 6.61 Å². The summed E-state index contributed by atoms with van der Waals surface area (Å²) in [7, 11) is -1.77. The molecule has 4 heteroatoms. The highest BCUT2D eigenvalue weighted by molar-refractivity contribution is 6.74. The van der Waals surface area contributed by atoms with E-state index in [1.807, 2.05) is 0 Å². The lowest BCUT2D eigenvalue weighted by molar-refractivity contribution is -0.144. The van der Waals surface area contributed by atoms with Crippen LogP contribution in [0.2, 0.25) is 18.1 Å². The summed E-state index contributed by atoms with van der Waals surface area (Å²) in [5, 5.41) is 0.197.